The summed E-state index contributed by atoms with van der Waals surface area (Å²) in [4.78, 5) is 12.4. The predicted molar refractivity (Wildman–Crippen MR) is 276 cm³/mol. The average molecular weight is 856 g/mol. The summed E-state index contributed by atoms with van der Waals surface area (Å²) in [6.45, 7) is 4.17. The second-order valence-corrected chi connectivity index (χ2v) is 16.8. The van der Waals surface area contributed by atoms with Gasteiger partial charge in [0.25, 0.3) is 0 Å². The topological polar surface area (TPSA) is 69.6 Å². The molecule has 0 aliphatic rings. The lowest BCUT2D eigenvalue weighted by Crippen LogP contribution is -2.45. The van der Waals surface area contributed by atoms with Crippen LogP contribution in [0.3, 0.4) is 0 Å². The van der Waals surface area contributed by atoms with Crippen LogP contribution in [0.15, 0.2) is 122 Å². The molecule has 0 heterocycles. The highest BCUT2D eigenvalue weighted by Crippen LogP contribution is 2.14. The van der Waals surface area contributed by atoms with Crippen molar-refractivity contribution in [1.82, 2.24) is 5.32 Å². The SMILES string of the molecule is CC/C=C\C/C=C\C/C=C\C/C=C\C/C=C\C/C=C\C/C=C\C/C=C\CCCCCCC(=O)NC(CO)C(O)/C=C/CC/C=C/CCCCCCCCCCCCCCCCC. The maximum atomic E-state index is 12.4. The number of hydrogen-bond donors (Lipinski definition) is 3. The van der Waals surface area contributed by atoms with Gasteiger partial charge in [-0.3, -0.25) is 4.79 Å². The van der Waals surface area contributed by atoms with E-state index in [-0.39, 0.29) is 12.5 Å². The normalized spacial score (nSPS) is 13.9. The quantitative estimate of drug-likeness (QED) is 0.0422. The van der Waals surface area contributed by atoms with E-state index in [0.717, 1.165) is 103 Å². The lowest BCUT2D eigenvalue weighted by molar-refractivity contribution is -0.123. The highest BCUT2D eigenvalue weighted by molar-refractivity contribution is 5.76. The van der Waals surface area contributed by atoms with Gasteiger partial charge in [-0.15, -0.1) is 0 Å². The highest BCUT2D eigenvalue weighted by atomic mass is 16.3. The summed E-state index contributed by atoms with van der Waals surface area (Å²) in [7, 11) is 0. The van der Waals surface area contributed by atoms with Crippen molar-refractivity contribution in [2.24, 2.45) is 0 Å². The Morgan fingerprint density at radius 2 is 0.726 bits per heavy atom. The van der Waals surface area contributed by atoms with Crippen LogP contribution >= 0.6 is 0 Å². The average Bonchev–Trinajstić information content (AvgIpc) is 3.28. The molecule has 0 fully saturated rings. The van der Waals surface area contributed by atoms with Crippen LogP contribution in [0.1, 0.15) is 219 Å². The van der Waals surface area contributed by atoms with E-state index < -0.39 is 12.1 Å². The van der Waals surface area contributed by atoms with Crippen LogP contribution in [-0.4, -0.2) is 34.9 Å². The monoisotopic (exact) mass is 856 g/mol. The summed E-state index contributed by atoms with van der Waals surface area (Å²) < 4.78 is 0. The van der Waals surface area contributed by atoms with Crippen molar-refractivity contribution in [2.45, 2.75) is 231 Å². The van der Waals surface area contributed by atoms with Crippen molar-refractivity contribution in [1.29, 1.82) is 0 Å². The molecule has 0 aromatic heterocycles. The molecular formula is C58H97NO3. The Hall–Kier alpha value is -3.21. The summed E-state index contributed by atoms with van der Waals surface area (Å²) in [5.41, 5.74) is 0. The van der Waals surface area contributed by atoms with Crippen LogP contribution in [0.4, 0.5) is 0 Å². The second-order valence-electron chi connectivity index (χ2n) is 16.8. The van der Waals surface area contributed by atoms with Gasteiger partial charge in [-0.2, -0.15) is 0 Å². The van der Waals surface area contributed by atoms with Gasteiger partial charge in [0.2, 0.25) is 5.91 Å². The molecule has 0 saturated heterocycles. The standard InChI is InChI=1S/C58H97NO3/c1-3-5-7-9-11-13-15-17-19-21-23-25-26-27-28-29-30-31-32-34-36-38-40-42-44-46-48-50-52-54-58(62)59-56(55-60)57(61)53-51-49-47-45-43-41-39-37-35-33-24-22-20-18-16-14-12-10-8-6-4-2/h5,7,11,13,17,19,23,25,27-28,30-31,34,36,40,42-43,45,51,53,56-57,60-61H,3-4,6,8-10,12,14-16,18,20-22,24,26,29,32-33,35,37-39,41,44,46-50,52,54-55H2,1-2H3,(H,59,62)/b7-5-,13-11-,19-17-,25-23-,28-27-,31-30-,36-34-,42-40-,45-43+,53-51+. The molecule has 0 saturated carbocycles. The smallest absolute Gasteiger partial charge is 0.220 e. The molecular weight excluding hydrogens is 759 g/mol. The fraction of sp³-hybridized carbons (Fsp3) is 0.638. The summed E-state index contributed by atoms with van der Waals surface area (Å²) in [5.74, 6) is -0.103. The summed E-state index contributed by atoms with van der Waals surface area (Å²) in [6.07, 6.45) is 80.4. The van der Waals surface area contributed by atoms with Crippen LogP contribution in [0.25, 0.3) is 0 Å². The molecule has 1 amide bonds. The molecule has 4 heteroatoms. The molecule has 0 aromatic rings. The van der Waals surface area contributed by atoms with Crippen LogP contribution in [0, 0.1) is 0 Å². The molecule has 352 valence electrons. The maximum Gasteiger partial charge on any atom is 0.220 e. The zero-order valence-electron chi connectivity index (χ0n) is 40.3. The molecule has 62 heavy (non-hydrogen) atoms. The van der Waals surface area contributed by atoms with Gasteiger partial charge < -0.3 is 15.5 Å². The van der Waals surface area contributed by atoms with Crippen LogP contribution in [0.5, 0.6) is 0 Å². The van der Waals surface area contributed by atoms with Crippen LogP contribution in [0.2, 0.25) is 0 Å². The number of aliphatic hydroxyl groups is 2. The van der Waals surface area contributed by atoms with E-state index >= 15 is 0 Å². The van der Waals surface area contributed by atoms with Gasteiger partial charge >= 0.3 is 0 Å². The molecule has 2 atom stereocenters. The van der Waals surface area contributed by atoms with E-state index in [1.807, 2.05) is 6.08 Å². The first-order chi connectivity index (χ1) is 30.7. The number of unbranched alkanes of at least 4 members (excludes halogenated alkanes) is 20. The van der Waals surface area contributed by atoms with E-state index in [1.54, 1.807) is 6.08 Å². The first-order valence-corrected chi connectivity index (χ1v) is 25.7. The Morgan fingerprint density at radius 1 is 0.403 bits per heavy atom. The molecule has 0 radical (unpaired) electrons. The number of aliphatic hydroxyl groups excluding tert-OH is 2. The fourth-order valence-electron chi connectivity index (χ4n) is 7.03. The second kappa shape index (κ2) is 52.1. The van der Waals surface area contributed by atoms with Crippen molar-refractivity contribution in [3.05, 3.63) is 122 Å². The number of nitrogens with one attached hydrogen (secondary N) is 1. The molecule has 0 aliphatic carbocycles. The molecule has 2 unspecified atom stereocenters. The molecule has 0 rings (SSSR count). The zero-order chi connectivity index (χ0) is 44.9. The summed E-state index contributed by atoms with van der Waals surface area (Å²) in [6, 6.07) is -0.663. The molecule has 0 spiro atoms. The van der Waals surface area contributed by atoms with E-state index in [1.165, 1.54) is 96.3 Å². The van der Waals surface area contributed by atoms with E-state index in [0.29, 0.717) is 6.42 Å². The minimum absolute atomic E-state index is 0.103. The van der Waals surface area contributed by atoms with Crippen LogP contribution in [-0.2, 0) is 4.79 Å². The first kappa shape index (κ1) is 58.8. The number of carbonyl (C=O) groups is 1. The predicted octanol–water partition coefficient (Wildman–Crippen LogP) is 16.9. The molecule has 0 bridgehead atoms. The van der Waals surface area contributed by atoms with Crippen molar-refractivity contribution in [3.63, 3.8) is 0 Å². The van der Waals surface area contributed by atoms with Crippen molar-refractivity contribution < 1.29 is 15.0 Å². The molecule has 0 aliphatic heterocycles. The largest absolute Gasteiger partial charge is 0.394 e. The third-order valence-corrected chi connectivity index (χ3v) is 10.9. The Kier molecular flexibility index (Phi) is 49.4. The summed E-state index contributed by atoms with van der Waals surface area (Å²) >= 11 is 0. The van der Waals surface area contributed by atoms with Crippen molar-refractivity contribution >= 4 is 5.91 Å². The van der Waals surface area contributed by atoms with Gasteiger partial charge in [0.05, 0.1) is 18.8 Å². The van der Waals surface area contributed by atoms with Gasteiger partial charge in [-0.1, -0.05) is 238 Å². The van der Waals surface area contributed by atoms with Crippen molar-refractivity contribution in [2.75, 3.05) is 6.61 Å². The highest BCUT2D eigenvalue weighted by Gasteiger charge is 2.17. The third-order valence-electron chi connectivity index (χ3n) is 10.9. The van der Waals surface area contributed by atoms with Gasteiger partial charge in [0.15, 0.2) is 0 Å². The van der Waals surface area contributed by atoms with Crippen molar-refractivity contribution in [3.8, 4) is 0 Å². The molecule has 4 nitrogen and oxygen atoms in total. The number of allylic oxidation sites excluding steroid dienone is 19. The Balaban J connectivity index is 3.71. The number of carbonyl (C=O) groups excluding carboxylic acids is 1. The van der Waals surface area contributed by atoms with E-state index in [4.69, 9.17) is 0 Å². The van der Waals surface area contributed by atoms with Gasteiger partial charge in [0.1, 0.15) is 0 Å². The van der Waals surface area contributed by atoms with E-state index in [2.05, 4.69) is 129 Å². The van der Waals surface area contributed by atoms with Crippen LogP contribution < -0.4 is 5.32 Å². The fourth-order valence-corrected chi connectivity index (χ4v) is 7.03. The van der Waals surface area contributed by atoms with Gasteiger partial charge in [-0.25, -0.2) is 0 Å². The minimum Gasteiger partial charge on any atom is -0.394 e. The molecule has 0 aromatic carbocycles. The van der Waals surface area contributed by atoms with Gasteiger partial charge in [-0.05, 0) is 96.3 Å². The first-order valence-electron chi connectivity index (χ1n) is 25.7. The Labute approximate surface area is 384 Å². The number of hydrogen-bond acceptors (Lipinski definition) is 3. The molecule has 3 N–H and O–H groups in total. The minimum atomic E-state index is -0.883. The number of amides is 1. The van der Waals surface area contributed by atoms with E-state index in [9.17, 15) is 15.0 Å². The van der Waals surface area contributed by atoms with Gasteiger partial charge in [0, 0.05) is 6.42 Å². The Bertz CT molecular complexity index is 1240. The number of rotatable bonds is 45. The summed E-state index contributed by atoms with van der Waals surface area (Å²) in [5, 5.41) is 23.1. The Morgan fingerprint density at radius 3 is 1.13 bits per heavy atom. The lowest BCUT2D eigenvalue weighted by Gasteiger charge is -2.19. The maximum absolute atomic E-state index is 12.4. The zero-order valence-corrected chi connectivity index (χ0v) is 40.3. The lowest BCUT2D eigenvalue weighted by atomic mass is 10.0. The third kappa shape index (κ3) is 47.8.